The van der Waals surface area contributed by atoms with Crippen molar-refractivity contribution in [3.05, 3.63) is 35.9 Å². The van der Waals surface area contributed by atoms with Gasteiger partial charge in [0.15, 0.2) is 5.78 Å². The van der Waals surface area contributed by atoms with Crippen molar-refractivity contribution in [1.29, 1.82) is 0 Å². The largest absolute Gasteiger partial charge is 0.480 e. The number of carbonyl (C=O) groups is 4. The average Bonchev–Trinajstić information content (AvgIpc) is 2.87. The molecule has 0 spiro atoms. The molecule has 238 valence electrons. The topological polar surface area (TPSA) is 154 Å². The number of aliphatic carboxylic acids is 1. The quantitative estimate of drug-likeness (QED) is 0.390. The lowest BCUT2D eigenvalue weighted by Gasteiger charge is -2.37. The van der Waals surface area contributed by atoms with Crippen LogP contribution in [0.3, 0.4) is 0 Å². The summed E-state index contributed by atoms with van der Waals surface area (Å²) in [4.78, 5) is 48.6. The number of Topliss-reactive ketones (excluding diaryl/α,β-unsaturated/α-hetero) is 1. The van der Waals surface area contributed by atoms with Crippen LogP contribution in [0.1, 0.15) is 79.7 Å². The van der Waals surface area contributed by atoms with Crippen LogP contribution in [-0.4, -0.2) is 97.6 Å². The highest BCUT2D eigenvalue weighted by Crippen LogP contribution is 2.22. The Morgan fingerprint density at radius 2 is 1.19 bits per heavy atom. The van der Waals surface area contributed by atoms with Gasteiger partial charge in [0.1, 0.15) is 17.2 Å². The van der Waals surface area contributed by atoms with Gasteiger partial charge < -0.3 is 24.8 Å². The number of likely N-dealkylation sites (tertiary alicyclic amines) is 2. The van der Waals surface area contributed by atoms with Gasteiger partial charge in [-0.05, 0) is 79.7 Å². The van der Waals surface area contributed by atoms with Crippen LogP contribution in [0.25, 0.3) is 0 Å². The molecule has 12 heteroatoms. The summed E-state index contributed by atoms with van der Waals surface area (Å²) in [5, 5.41) is 29.0. The monoisotopic (exact) mass is 658 g/mol. The lowest BCUT2D eigenvalue weighted by molar-refractivity contribution is -0.145. The number of carbonyl (C=O) groups excluding carboxylic acids is 3. The summed E-state index contributed by atoms with van der Waals surface area (Å²) in [5.41, 5.74) is 0.0519. The van der Waals surface area contributed by atoms with E-state index in [-0.39, 0.29) is 25.3 Å². The Hall–Kier alpha value is -2.70. The van der Waals surface area contributed by atoms with Crippen molar-refractivity contribution in [2.45, 2.75) is 115 Å². The number of amides is 2. The predicted octanol–water partition coefficient (Wildman–Crippen LogP) is 4.75. The van der Waals surface area contributed by atoms with E-state index in [1.807, 2.05) is 18.2 Å². The maximum absolute atomic E-state index is 11.9. The number of carboxylic acid groups (broad SMARTS) is 1. The van der Waals surface area contributed by atoms with Gasteiger partial charge in [-0.2, -0.15) is 0 Å². The molecule has 11 nitrogen and oxygen atoms in total. The molecule has 2 aliphatic heterocycles. The van der Waals surface area contributed by atoms with E-state index in [0.29, 0.717) is 19.3 Å². The van der Waals surface area contributed by atoms with Gasteiger partial charge in [-0.1, -0.05) is 46.3 Å². The molecule has 2 aliphatic rings. The third-order valence-electron chi connectivity index (χ3n) is 6.12. The van der Waals surface area contributed by atoms with Crippen LogP contribution < -0.4 is 0 Å². The van der Waals surface area contributed by atoms with Crippen LogP contribution in [0, 0.1) is 0 Å². The van der Waals surface area contributed by atoms with E-state index in [1.54, 1.807) is 41.5 Å². The van der Waals surface area contributed by atoms with E-state index in [1.165, 1.54) is 17.4 Å². The van der Waals surface area contributed by atoms with Gasteiger partial charge in [-0.3, -0.25) is 14.6 Å². The number of benzene rings is 1. The number of piperidine rings is 2. The Bertz CT molecular complexity index is 962. The van der Waals surface area contributed by atoms with Crippen molar-refractivity contribution in [2.75, 3.05) is 13.1 Å². The van der Waals surface area contributed by atoms with Gasteiger partial charge in [0.05, 0.1) is 31.3 Å². The molecule has 2 fully saturated rings. The Balaban J connectivity index is 0.000000335. The first-order valence-electron chi connectivity index (χ1n) is 14.0. The van der Waals surface area contributed by atoms with Gasteiger partial charge in [0, 0.05) is 5.33 Å². The molecule has 2 saturated heterocycles. The number of hydrogen-bond donors (Lipinski definition) is 3. The van der Waals surface area contributed by atoms with E-state index in [9.17, 15) is 29.4 Å². The maximum Gasteiger partial charge on any atom is 0.411 e. The lowest BCUT2D eigenvalue weighted by Crippen LogP contribution is -2.53. The summed E-state index contributed by atoms with van der Waals surface area (Å²) < 4.78 is 10.3. The summed E-state index contributed by atoms with van der Waals surface area (Å²) in [6.07, 6.45) is -0.804. The minimum atomic E-state index is -1.07. The molecule has 1 aromatic rings. The normalized spacial score (nSPS) is 22.4. The number of alkyl halides is 1. The smallest absolute Gasteiger partial charge is 0.411 e. The van der Waals surface area contributed by atoms with Crippen LogP contribution in [0.2, 0.25) is 0 Å². The van der Waals surface area contributed by atoms with E-state index < -0.39 is 53.6 Å². The molecule has 3 rings (SSSR count). The lowest BCUT2D eigenvalue weighted by atomic mass is 9.98. The average molecular weight is 660 g/mol. The first-order chi connectivity index (χ1) is 19.3. The first kappa shape index (κ1) is 37.3. The van der Waals surface area contributed by atoms with Crippen molar-refractivity contribution in [3.63, 3.8) is 0 Å². The summed E-state index contributed by atoms with van der Waals surface area (Å²) in [5.74, 6) is -1.13. The number of aliphatic hydroxyl groups is 2. The van der Waals surface area contributed by atoms with Gasteiger partial charge in [-0.15, -0.1) is 0 Å². The van der Waals surface area contributed by atoms with Gasteiger partial charge in [0.25, 0.3) is 0 Å². The van der Waals surface area contributed by atoms with Crippen molar-refractivity contribution < 1.29 is 44.0 Å². The van der Waals surface area contributed by atoms with Gasteiger partial charge in [0.2, 0.25) is 0 Å². The highest BCUT2D eigenvalue weighted by molar-refractivity contribution is 9.08. The number of hydrogen-bond acceptors (Lipinski definition) is 8. The van der Waals surface area contributed by atoms with Crippen molar-refractivity contribution >= 4 is 39.9 Å². The van der Waals surface area contributed by atoms with E-state index in [0.717, 1.165) is 10.2 Å². The van der Waals surface area contributed by atoms with Crippen LogP contribution in [0.4, 0.5) is 9.59 Å². The Kier molecular flexibility index (Phi) is 14.9. The molecular formula is C30H47BrN2O9. The highest BCUT2D eigenvalue weighted by Gasteiger charge is 2.38. The number of aliphatic hydroxyl groups excluding tert-OH is 2. The van der Waals surface area contributed by atoms with Crippen LogP contribution in [-0.2, 0) is 24.4 Å². The molecule has 3 N–H and O–H groups in total. The zero-order valence-corrected chi connectivity index (χ0v) is 27.3. The molecule has 4 atom stereocenters. The number of halogens is 1. The number of rotatable bonds is 3. The fraction of sp³-hybridized carbons (Fsp3) is 0.667. The molecule has 2 heterocycles. The minimum absolute atomic E-state index is 0.00583. The summed E-state index contributed by atoms with van der Waals surface area (Å²) >= 11 is 3.36. The zero-order chi connectivity index (χ0) is 32.3. The molecule has 1 aromatic carbocycles. The second kappa shape index (κ2) is 16.8. The Labute approximate surface area is 257 Å². The van der Waals surface area contributed by atoms with E-state index in [2.05, 4.69) is 28.1 Å². The first-order valence-corrected chi connectivity index (χ1v) is 15.1. The molecule has 0 saturated carbocycles. The number of ether oxygens (including phenoxy) is 2. The number of ketones is 1. The zero-order valence-electron chi connectivity index (χ0n) is 25.7. The summed E-state index contributed by atoms with van der Waals surface area (Å²) in [7, 11) is 0. The second-order valence-corrected chi connectivity index (χ2v) is 12.9. The third-order valence-corrected chi connectivity index (χ3v) is 6.77. The fourth-order valence-electron chi connectivity index (χ4n) is 4.19. The molecule has 0 bridgehead atoms. The van der Waals surface area contributed by atoms with Crippen LogP contribution >= 0.6 is 15.9 Å². The van der Waals surface area contributed by atoms with Gasteiger partial charge >= 0.3 is 18.2 Å². The summed E-state index contributed by atoms with van der Waals surface area (Å²) in [6.45, 7) is 12.1. The molecule has 0 radical (unpaired) electrons. The van der Waals surface area contributed by atoms with E-state index >= 15 is 0 Å². The Morgan fingerprint density at radius 1 is 0.786 bits per heavy atom. The standard InChI is InChI=1S/C12H21NO4.C11H19NO5.C7H7Br/c1-8(14)10-6-5-9(15)7-13(10)11(16)17-12(2,3)4;1-11(2,3)17-10(16)12-6-7(13)4-5-8(12)9(14)15;8-6-7-4-2-1-3-5-7/h9-10,15H,5-7H2,1-4H3;7-8,13H,4-6H2,1-3H3,(H,14,15);1-5H,6H2. The molecule has 4 unspecified atom stereocenters. The molecule has 2 amide bonds. The Morgan fingerprint density at radius 3 is 1.52 bits per heavy atom. The third kappa shape index (κ3) is 14.0. The number of β-amino-alcohol motifs (C(OH)–C–C–N with tert-alkyl or cyclic N) is 2. The van der Waals surface area contributed by atoms with Crippen molar-refractivity contribution in [1.82, 2.24) is 9.80 Å². The molecule has 0 aromatic heterocycles. The minimum Gasteiger partial charge on any atom is -0.480 e. The van der Waals surface area contributed by atoms with Crippen molar-refractivity contribution in [2.24, 2.45) is 0 Å². The molecule has 0 aliphatic carbocycles. The van der Waals surface area contributed by atoms with Crippen LogP contribution in [0.5, 0.6) is 0 Å². The van der Waals surface area contributed by atoms with Crippen LogP contribution in [0.15, 0.2) is 30.3 Å². The maximum atomic E-state index is 11.9. The number of carboxylic acids is 1. The van der Waals surface area contributed by atoms with Gasteiger partial charge in [-0.25, -0.2) is 14.4 Å². The summed E-state index contributed by atoms with van der Waals surface area (Å²) in [6, 6.07) is 8.91. The van der Waals surface area contributed by atoms with E-state index in [4.69, 9.17) is 14.6 Å². The number of nitrogens with zero attached hydrogens (tertiary/aromatic N) is 2. The predicted molar refractivity (Wildman–Crippen MR) is 161 cm³/mol. The van der Waals surface area contributed by atoms with Crippen molar-refractivity contribution in [3.8, 4) is 0 Å². The highest BCUT2D eigenvalue weighted by atomic mass is 79.9. The molecule has 42 heavy (non-hydrogen) atoms. The SMILES string of the molecule is BrCc1ccccc1.CC(=O)C1CCC(O)CN1C(=O)OC(C)(C)C.CC(C)(C)OC(=O)N1CC(O)CCC1C(=O)O. The fourth-order valence-corrected chi connectivity index (χ4v) is 4.57. The molecular weight excluding hydrogens is 612 g/mol. The second-order valence-electron chi connectivity index (χ2n) is 12.3.